The van der Waals surface area contributed by atoms with Gasteiger partial charge in [0.15, 0.2) is 5.82 Å². The maximum absolute atomic E-state index is 12.6. The monoisotopic (exact) mass is 348 g/mol. The van der Waals surface area contributed by atoms with E-state index in [2.05, 4.69) is 15.6 Å². The summed E-state index contributed by atoms with van der Waals surface area (Å²) >= 11 is 0. The number of hydrogen-bond donors (Lipinski definition) is 3. The van der Waals surface area contributed by atoms with E-state index >= 15 is 0 Å². The number of hydrogen-bond acceptors (Lipinski definition) is 5. The summed E-state index contributed by atoms with van der Waals surface area (Å²) in [5.74, 6) is 0.497. The third kappa shape index (κ3) is 4.10. The second-order valence-corrected chi connectivity index (χ2v) is 5.97. The number of nitrogens with zero attached hydrogens (tertiary/aromatic N) is 2. The van der Waals surface area contributed by atoms with Gasteiger partial charge >= 0.3 is 0 Å². The Morgan fingerprint density at radius 3 is 2.54 bits per heavy atom. The van der Waals surface area contributed by atoms with Crippen LogP contribution in [0, 0.1) is 0 Å². The summed E-state index contributed by atoms with van der Waals surface area (Å²) in [6.45, 7) is 0. The number of aromatic hydroxyl groups is 1. The van der Waals surface area contributed by atoms with Crippen LogP contribution < -0.4 is 15.5 Å². The maximum atomic E-state index is 12.6. The number of nitrogens with one attached hydrogen (secondary N) is 2. The highest BCUT2D eigenvalue weighted by atomic mass is 16.3. The smallest absolute Gasteiger partial charge is 0.255 e. The van der Waals surface area contributed by atoms with Gasteiger partial charge in [-0.05, 0) is 54.6 Å². The van der Waals surface area contributed by atoms with Crippen LogP contribution in [0.25, 0.3) is 0 Å². The zero-order valence-electron chi connectivity index (χ0n) is 14.6. The fourth-order valence-electron chi connectivity index (χ4n) is 2.41. The van der Waals surface area contributed by atoms with E-state index in [1.54, 1.807) is 48.7 Å². The van der Waals surface area contributed by atoms with Gasteiger partial charge in [0, 0.05) is 37.2 Å². The van der Waals surface area contributed by atoms with Gasteiger partial charge in [-0.1, -0.05) is 6.07 Å². The maximum Gasteiger partial charge on any atom is 0.255 e. The highest BCUT2D eigenvalue weighted by Crippen LogP contribution is 2.25. The molecule has 0 saturated carbocycles. The lowest BCUT2D eigenvalue weighted by atomic mass is 10.1. The van der Waals surface area contributed by atoms with Crippen molar-refractivity contribution in [3.8, 4) is 5.75 Å². The third-order valence-corrected chi connectivity index (χ3v) is 3.81. The summed E-state index contributed by atoms with van der Waals surface area (Å²) in [5.41, 5.74) is 2.84. The van der Waals surface area contributed by atoms with E-state index in [0.717, 1.165) is 11.4 Å². The van der Waals surface area contributed by atoms with Crippen molar-refractivity contribution in [2.24, 2.45) is 0 Å². The molecule has 0 fully saturated rings. The molecule has 0 saturated heterocycles. The van der Waals surface area contributed by atoms with Crippen molar-refractivity contribution >= 4 is 28.8 Å². The van der Waals surface area contributed by atoms with Crippen molar-refractivity contribution in [1.82, 2.24) is 4.98 Å². The number of phenolic OH excluding ortho intramolecular Hbond substituents is 1. The number of carbonyl (C=O) groups excluding carboxylic acids is 1. The SMILES string of the molecule is CN(C)c1cccc(C(=O)Nc2cccnc2Nc2ccc(O)cc2)c1. The van der Waals surface area contributed by atoms with Crippen LogP contribution >= 0.6 is 0 Å². The molecule has 6 nitrogen and oxygen atoms in total. The highest BCUT2D eigenvalue weighted by Gasteiger charge is 2.11. The number of benzene rings is 2. The van der Waals surface area contributed by atoms with Crippen LogP contribution in [0.2, 0.25) is 0 Å². The topological polar surface area (TPSA) is 77.5 Å². The Labute approximate surface area is 152 Å². The van der Waals surface area contributed by atoms with E-state index in [9.17, 15) is 9.90 Å². The fraction of sp³-hybridized carbons (Fsp3) is 0.100. The van der Waals surface area contributed by atoms with Crippen molar-refractivity contribution in [2.45, 2.75) is 0 Å². The molecule has 0 atom stereocenters. The lowest BCUT2D eigenvalue weighted by Crippen LogP contribution is -2.15. The molecule has 1 amide bonds. The van der Waals surface area contributed by atoms with Crippen LogP contribution in [0.3, 0.4) is 0 Å². The molecular formula is C20H20N4O2. The number of anilines is 4. The molecule has 2 aromatic carbocycles. The second-order valence-electron chi connectivity index (χ2n) is 5.97. The Hall–Kier alpha value is -3.54. The first-order valence-electron chi connectivity index (χ1n) is 8.13. The van der Waals surface area contributed by atoms with Gasteiger partial charge in [-0.3, -0.25) is 4.79 Å². The lowest BCUT2D eigenvalue weighted by molar-refractivity contribution is 0.102. The fourth-order valence-corrected chi connectivity index (χ4v) is 2.41. The van der Waals surface area contributed by atoms with Crippen molar-refractivity contribution < 1.29 is 9.90 Å². The number of carbonyl (C=O) groups is 1. The van der Waals surface area contributed by atoms with Gasteiger partial charge in [0.05, 0.1) is 5.69 Å². The van der Waals surface area contributed by atoms with Crippen LogP contribution in [0.15, 0.2) is 66.9 Å². The van der Waals surface area contributed by atoms with Crippen LogP contribution in [0.4, 0.5) is 22.9 Å². The quantitative estimate of drug-likeness (QED) is 0.611. The van der Waals surface area contributed by atoms with E-state index in [1.165, 1.54) is 0 Å². The molecule has 3 rings (SSSR count). The molecule has 3 aromatic rings. The predicted molar refractivity (Wildman–Crippen MR) is 104 cm³/mol. The summed E-state index contributed by atoms with van der Waals surface area (Å²) in [5, 5.41) is 15.4. The average molecular weight is 348 g/mol. The normalized spacial score (nSPS) is 10.2. The summed E-state index contributed by atoms with van der Waals surface area (Å²) in [6, 6.07) is 17.6. The molecular weight excluding hydrogens is 328 g/mol. The molecule has 1 heterocycles. The van der Waals surface area contributed by atoms with E-state index in [0.29, 0.717) is 17.1 Å². The Bertz CT molecular complexity index is 908. The average Bonchev–Trinajstić information content (AvgIpc) is 2.65. The van der Waals surface area contributed by atoms with Crippen molar-refractivity contribution in [1.29, 1.82) is 0 Å². The largest absolute Gasteiger partial charge is 0.508 e. The van der Waals surface area contributed by atoms with Gasteiger partial charge in [-0.25, -0.2) is 4.98 Å². The third-order valence-electron chi connectivity index (χ3n) is 3.81. The molecule has 0 aliphatic carbocycles. The molecule has 1 aromatic heterocycles. The predicted octanol–water partition coefficient (Wildman–Crippen LogP) is 3.85. The molecule has 3 N–H and O–H groups in total. The van der Waals surface area contributed by atoms with Crippen LogP contribution in [0.5, 0.6) is 5.75 Å². The first-order chi connectivity index (χ1) is 12.5. The van der Waals surface area contributed by atoms with Crippen molar-refractivity contribution in [3.05, 3.63) is 72.4 Å². The van der Waals surface area contributed by atoms with E-state index < -0.39 is 0 Å². The molecule has 0 spiro atoms. The van der Waals surface area contributed by atoms with Crippen LogP contribution in [0.1, 0.15) is 10.4 Å². The Balaban J connectivity index is 1.80. The summed E-state index contributed by atoms with van der Waals surface area (Å²) in [4.78, 5) is 18.9. The number of phenols is 1. The van der Waals surface area contributed by atoms with E-state index in [4.69, 9.17) is 0 Å². The van der Waals surface area contributed by atoms with Gasteiger partial charge in [0.25, 0.3) is 5.91 Å². The standard InChI is InChI=1S/C20H20N4O2/c1-24(2)16-6-3-5-14(13-16)20(26)23-18-7-4-12-21-19(18)22-15-8-10-17(25)11-9-15/h3-13,25H,1-2H3,(H,21,22)(H,23,26). The highest BCUT2D eigenvalue weighted by molar-refractivity contribution is 6.06. The van der Waals surface area contributed by atoms with Gasteiger partial charge in [0.1, 0.15) is 5.75 Å². The molecule has 0 radical (unpaired) electrons. The Morgan fingerprint density at radius 1 is 1.04 bits per heavy atom. The number of pyridine rings is 1. The molecule has 132 valence electrons. The van der Waals surface area contributed by atoms with Crippen LogP contribution in [-0.2, 0) is 0 Å². The molecule has 26 heavy (non-hydrogen) atoms. The van der Waals surface area contributed by atoms with E-state index in [-0.39, 0.29) is 11.7 Å². The summed E-state index contributed by atoms with van der Waals surface area (Å²) in [7, 11) is 3.86. The van der Waals surface area contributed by atoms with Gasteiger partial charge in [-0.2, -0.15) is 0 Å². The molecule has 6 heteroatoms. The summed E-state index contributed by atoms with van der Waals surface area (Å²) in [6.07, 6.45) is 1.64. The Morgan fingerprint density at radius 2 is 1.81 bits per heavy atom. The minimum Gasteiger partial charge on any atom is -0.508 e. The Kier molecular flexibility index (Phi) is 5.03. The molecule has 0 aliphatic rings. The number of aromatic nitrogens is 1. The first-order valence-corrected chi connectivity index (χ1v) is 8.13. The minimum absolute atomic E-state index is 0.186. The van der Waals surface area contributed by atoms with Gasteiger partial charge < -0.3 is 20.6 Å². The van der Waals surface area contributed by atoms with Crippen LogP contribution in [-0.4, -0.2) is 30.1 Å². The molecule has 0 aliphatic heterocycles. The first kappa shape index (κ1) is 17.3. The van der Waals surface area contributed by atoms with Gasteiger partial charge in [-0.15, -0.1) is 0 Å². The van der Waals surface area contributed by atoms with Crippen molar-refractivity contribution in [2.75, 3.05) is 29.6 Å². The summed E-state index contributed by atoms with van der Waals surface area (Å²) < 4.78 is 0. The minimum atomic E-state index is -0.213. The van der Waals surface area contributed by atoms with Gasteiger partial charge in [0.2, 0.25) is 0 Å². The lowest BCUT2D eigenvalue weighted by Gasteiger charge is -2.15. The zero-order valence-corrected chi connectivity index (χ0v) is 14.6. The van der Waals surface area contributed by atoms with E-state index in [1.807, 2.05) is 37.2 Å². The van der Waals surface area contributed by atoms with Crippen molar-refractivity contribution in [3.63, 3.8) is 0 Å². The number of rotatable bonds is 5. The molecule has 0 unspecified atom stereocenters. The second kappa shape index (κ2) is 7.57. The number of amides is 1. The molecule has 0 bridgehead atoms. The zero-order chi connectivity index (χ0) is 18.5.